The predicted molar refractivity (Wildman–Crippen MR) is 81.6 cm³/mol. The molecule has 0 unspecified atom stereocenters. The lowest BCUT2D eigenvalue weighted by Gasteiger charge is -2.32. The average Bonchev–Trinajstić information content (AvgIpc) is 2.62. The molecule has 25 heavy (non-hydrogen) atoms. The summed E-state index contributed by atoms with van der Waals surface area (Å²) in [5, 5.41) is 2.97. The van der Waals surface area contributed by atoms with Gasteiger partial charge in [0, 0.05) is 37.6 Å². The Balaban J connectivity index is 1.57. The van der Waals surface area contributed by atoms with Crippen molar-refractivity contribution < 1.29 is 18.0 Å². The van der Waals surface area contributed by atoms with Crippen LogP contribution in [0.4, 0.5) is 19.0 Å². The van der Waals surface area contributed by atoms with Crippen molar-refractivity contribution in [1.82, 2.24) is 24.8 Å². The Morgan fingerprint density at radius 1 is 1.12 bits per heavy atom. The van der Waals surface area contributed by atoms with E-state index in [2.05, 4.69) is 25.3 Å². The van der Waals surface area contributed by atoms with Crippen LogP contribution in [0.5, 0.6) is 0 Å². The van der Waals surface area contributed by atoms with Crippen LogP contribution in [0.1, 0.15) is 29.2 Å². The first-order valence-electron chi connectivity index (χ1n) is 7.65. The first-order valence-corrected chi connectivity index (χ1v) is 7.65. The summed E-state index contributed by atoms with van der Waals surface area (Å²) in [6.45, 7) is 0.929. The minimum Gasteiger partial charge on any atom is -0.367 e. The molecule has 0 aliphatic carbocycles. The van der Waals surface area contributed by atoms with E-state index in [9.17, 15) is 18.0 Å². The summed E-state index contributed by atoms with van der Waals surface area (Å²) < 4.78 is 38.0. The van der Waals surface area contributed by atoms with Crippen LogP contribution >= 0.6 is 0 Å². The van der Waals surface area contributed by atoms with Gasteiger partial charge in [-0.25, -0.2) is 19.9 Å². The summed E-state index contributed by atoms with van der Waals surface area (Å²) in [4.78, 5) is 28.8. The largest absolute Gasteiger partial charge is 0.433 e. The van der Waals surface area contributed by atoms with Gasteiger partial charge in [-0.3, -0.25) is 4.79 Å². The van der Waals surface area contributed by atoms with Gasteiger partial charge in [0.15, 0.2) is 0 Å². The fraction of sp³-hybridized carbons (Fsp3) is 0.400. The number of hydrogen-bond donors (Lipinski definition) is 1. The van der Waals surface area contributed by atoms with Crippen molar-refractivity contribution in [3.63, 3.8) is 0 Å². The molecule has 0 radical (unpaired) electrons. The predicted octanol–water partition coefficient (Wildman–Crippen LogP) is 2.00. The molecule has 1 fully saturated rings. The minimum atomic E-state index is -4.51. The second-order valence-electron chi connectivity index (χ2n) is 5.57. The Hall–Kier alpha value is -2.78. The highest BCUT2D eigenvalue weighted by atomic mass is 19.4. The molecule has 1 saturated heterocycles. The maximum absolute atomic E-state index is 12.7. The summed E-state index contributed by atoms with van der Waals surface area (Å²) in [6.07, 6.45) is 0.555. The van der Waals surface area contributed by atoms with Crippen molar-refractivity contribution in [3.05, 3.63) is 42.4 Å². The van der Waals surface area contributed by atoms with E-state index < -0.39 is 11.9 Å². The first-order chi connectivity index (χ1) is 11.9. The van der Waals surface area contributed by atoms with E-state index in [0.717, 1.165) is 12.4 Å². The summed E-state index contributed by atoms with van der Waals surface area (Å²) >= 11 is 0. The number of likely N-dealkylation sites (tertiary alicyclic amines) is 1. The Kier molecular flexibility index (Phi) is 4.77. The van der Waals surface area contributed by atoms with Gasteiger partial charge in [0.2, 0.25) is 5.82 Å². The van der Waals surface area contributed by atoms with Crippen LogP contribution in [0.25, 0.3) is 0 Å². The molecule has 0 aromatic carbocycles. The molecule has 2 aromatic heterocycles. The van der Waals surface area contributed by atoms with Gasteiger partial charge in [0.25, 0.3) is 5.91 Å². The number of halogens is 3. The van der Waals surface area contributed by atoms with Crippen LogP contribution in [0.2, 0.25) is 0 Å². The third-order valence-corrected chi connectivity index (χ3v) is 3.85. The molecular formula is C15H15F3N6O. The fourth-order valence-corrected chi connectivity index (χ4v) is 2.58. The quantitative estimate of drug-likeness (QED) is 0.910. The topological polar surface area (TPSA) is 83.9 Å². The molecule has 3 rings (SSSR count). The van der Waals surface area contributed by atoms with Crippen LogP contribution in [0.15, 0.2) is 30.9 Å². The van der Waals surface area contributed by atoms with Gasteiger partial charge in [-0.1, -0.05) is 0 Å². The van der Waals surface area contributed by atoms with Gasteiger partial charge in [-0.2, -0.15) is 13.2 Å². The maximum Gasteiger partial charge on any atom is 0.433 e. The number of hydrogen-bond acceptors (Lipinski definition) is 6. The van der Waals surface area contributed by atoms with Crippen molar-refractivity contribution >= 4 is 11.7 Å². The second kappa shape index (κ2) is 6.99. The highest BCUT2D eigenvalue weighted by Crippen LogP contribution is 2.28. The lowest BCUT2D eigenvalue weighted by Crippen LogP contribution is -2.43. The van der Waals surface area contributed by atoms with Crippen LogP contribution in [-0.4, -0.2) is 49.9 Å². The van der Waals surface area contributed by atoms with E-state index >= 15 is 0 Å². The molecule has 2 aromatic rings. The third-order valence-electron chi connectivity index (χ3n) is 3.85. The average molecular weight is 352 g/mol. The number of aromatic nitrogens is 4. The number of amides is 1. The number of nitrogens with zero attached hydrogens (tertiary/aromatic N) is 5. The molecule has 132 valence electrons. The number of rotatable bonds is 3. The van der Waals surface area contributed by atoms with E-state index in [-0.39, 0.29) is 23.6 Å². The molecule has 1 aliphatic heterocycles. The van der Waals surface area contributed by atoms with Crippen molar-refractivity contribution in [2.75, 3.05) is 18.4 Å². The lowest BCUT2D eigenvalue weighted by atomic mass is 10.0. The molecule has 3 heterocycles. The fourth-order valence-electron chi connectivity index (χ4n) is 2.58. The molecule has 0 atom stereocenters. The Morgan fingerprint density at radius 2 is 1.80 bits per heavy atom. The minimum absolute atomic E-state index is 0.0725. The van der Waals surface area contributed by atoms with Crippen molar-refractivity contribution in [3.8, 4) is 0 Å². The van der Waals surface area contributed by atoms with Crippen LogP contribution in [0, 0.1) is 0 Å². The van der Waals surface area contributed by atoms with Gasteiger partial charge < -0.3 is 10.2 Å². The number of carbonyl (C=O) groups is 1. The summed E-state index contributed by atoms with van der Waals surface area (Å²) in [5.41, 5.74) is -0.987. The Labute approximate surface area is 141 Å². The van der Waals surface area contributed by atoms with E-state index in [1.165, 1.54) is 12.4 Å². The van der Waals surface area contributed by atoms with Crippen LogP contribution < -0.4 is 5.32 Å². The lowest BCUT2D eigenvalue weighted by molar-refractivity contribution is -0.141. The molecule has 1 amide bonds. The molecule has 0 spiro atoms. The maximum atomic E-state index is 12.7. The van der Waals surface area contributed by atoms with Gasteiger partial charge in [-0.15, -0.1) is 0 Å². The van der Waals surface area contributed by atoms with Gasteiger partial charge in [0.1, 0.15) is 17.8 Å². The van der Waals surface area contributed by atoms with Crippen molar-refractivity contribution in [2.24, 2.45) is 0 Å². The smallest absolute Gasteiger partial charge is 0.367 e. The van der Waals surface area contributed by atoms with Crippen molar-refractivity contribution in [1.29, 1.82) is 0 Å². The number of piperidine rings is 1. The summed E-state index contributed by atoms with van der Waals surface area (Å²) in [5.74, 6) is 0.0125. The van der Waals surface area contributed by atoms with E-state index in [0.29, 0.717) is 25.9 Å². The van der Waals surface area contributed by atoms with E-state index in [1.807, 2.05) is 0 Å². The number of carbonyl (C=O) groups excluding carboxylic acids is 1. The van der Waals surface area contributed by atoms with E-state index in [4.69, 9.17) is 0 Å². The molecule has 10 heteroatoms. The Bertz CT molecular complexity index is 732. The van der Waals surface area contributed by atoms with Gasteiger partial charge >= 0.3 is 6.18 Å². The van der Waals surface area contributed by atoms with Gasteiger partial charge in [-0.05, 0) is 18.9 Å². The standard InChI is InChI=1S/C15H15F3N6O/c16-15(17,18)11-8-12(22-9-21-11)23-10-2-6-24(7-3-10)14(25)13-19-4-1-5-20-13/h1,4-5,8-10H,2-3,6-7H2,(H,21,22,23). The molecule has 1 aliphatic rings. The van der Waals surface area contributed by atoms with Crippen LogP contribution in [0.3, 0.4) is 0 Å². The molecule has 0 saturated carbocycles. The third kappa shape index (κ3) is 4.20. The SMILES string of the molecule is O=C(c1ncccn1)N1CCC(Nc2cc(C(F)(F)F)ncn2)CC1. The van der Waals surface area contributed by atoms with E-state index in [1.54, 1.807) is 11.0 Å². The summed E-state index contributed by atoms with van der Waals surface area (Å²) in [7, 11) is 0. The van der Waals surface area contributed by atoms with Gasteiger partial charge in [0.05, 0.1) is 0 Å². The zero-order chi connectivity index (χ0) is 17.9. The number of nitrogens with one attached hydrogen (secondary N) is 1. The number of alkyl halides is 3. The normalized spacial score (nSPS) is 15.9. The monoisotopic (exact) mass is 352 g/mol. The zero-order valence-electron chi connectivity index (χ0n) is 13.1. The van der Waals surface area contributed by atoms with Crippen LogP contribution in [-0.2, 0) is 6.18 Å². The number of anilines is 1. The molecule has 1 N–H and O–H groups in total. The highest BCUT2D eigenvalue weighted by Gasteiger charge is 2.33. The second-order valence-corrected chi connectivity index (χ2v) is 5.57. The molecule has 0 bridgehead atoms. The molecular weight excluding hydrogens is 337 g/mol. The van der Waals surface area contributed by atoms with Crippen molar-refractivity contribution in [2.45, 2.75) is 25.1 Å². The highest BCUT2D eigenvalue weighted by molar-refractivity contribution is 5.90. The summed E-state index contributed by atoms with van der Waals surface area (Å²) in [6, 6.07) is 2.44. The molecule has 7 nitrogen and oxygen atoms in total. The Morgan fingerprint density at radius 3 is 2.44 bits per heavy atom. The zero-order valence-corrected chi connectivity index (χ0v) is 13.1. The first kappa shape index (κ1) is 17.1.